The van der Waals surface area contributed by atoms with Crippen molar-refractivity contribution in [1.82, 2.24) is 14.5 Å². The van der Waals surface area contributed by atoms with Gasteiger partial charge >= 0.3 is 0 Å². The fraction of sp³-hybridized carbons (Fsp3) is 0.320. The van der Waals surface area contributed by atoms with Crippen LogP contribution in [0.5, 0.6) is 11.5 Å². The van der Waals surface area contributed by atoms with Gasteiger partial charge in [-0.2, -0.15) is 0 Å². The van der Waals surface area contributed by atoms with Gasteiger partial charge in [-0.25, -0.2) is 0 Å². The molecule has 0 bridgehead atoms. The van der Waals surface area contributed by atoms with Crippen LogP contribution in [0.25, 0.3) is 0 Å². The molecule has 1 fully saturated rings. The molecule has 2 aromatic heterocycles. The fourth-order valence-electron chi connectivity index (χ4n) is 4.44. The lowest BCUT2D eigenvalue weighted by Crippen LogP contribution is -2.36. The van der Waals surface area contributed by atoms with Crippen LogP contribution in [-0.4, -0.2) is 40.2 Å². The Labute approximate surface area is 186 Å². The van der Waals surface area contributed by atoms with Gasteiger partial charge < -0.3 is 18.9 Å². The van der Waals surface area contributed by atoms with Crippen molar-refractivity contribution >= 4 is 5.91 Å². The molecule has 1 aromatic carbocycles. The van der Waals surface area contributed by atoms with E-state index in [4.69, 9.17) is 9.47 Å². The molecule has 0 aliphatic carbocycles. The number of ether oxygens (including phenoxy) is 2. The van der Waals surface area contributed by atoms with Crippen molar-refractivity contribution < 1.29 is 14.3 Å². The van der Waals surface area contributed by atoms with Gasteiger partial charge in [0.2, 0.25) is 6.79 Å². The molecule has 1 atom stereocenters. The number of carbonyl (C=O) groups excluding carboxylic acids is 1. The van der Waals surface area contributed by atoms with Crippen molar-refractivity contribution in [3.05, 3.63) is 87.6 Å². The molecule has 5 rings (SSSR count). The minimum atomic E-state index is -0.263. The first-order valence-corrected chi connectivity index (χ1v) is 10.9. The lowest BCUT2D eigenvalue weighted by Gasteiger charge is -2.18. The zero-order valence-electron chi connectivity index (χ0n) is 18.0. The first-order chi connectivity index (χ1) is 15.6. The van der Waals surface area contributed by atoms with Gasteiger partial charge in [0, 0.05) is 31.2 Å². The number of carbonyl (C=O) groups is 1. The van der Waals surface area contributed by atoms with Crippen molar-refractivity contribution in [1.29, 1.82) is 0 Å². The summed E-state index contributed by atoms with van der Waals surface area (Å²) >= 11 is 0. The molecule has 164 valence electrons. The molecular formula is C25H25N3O4. The van der Waals surface area contributed by atoms with Crippen molar-refractivity contribution in [3.8, 4) is 11.5 Å². The predicted octanol–water partition coefficient (Wildman–Crippen LogP) is 3.03. The van der Waals surface area contributed by atoms with Gasteiger partial charge in [-0.15, -0.1) is 0 Å². The Balaban J connectivity index is 1.33. The molecule has 0 N–H and O–H groups in total. The number of hydrogen-bond acceptors (Lipinski definition) is 5. The maximum atomic E-state index is 13.3. The van der Waals surface area contributed by atoms with E-state index >= 15 is 0 Å². The highest BCUT2D eigenvalue weighted by Gasteiger charge is 2.30. The topological polar surface area (TPSA) is 73.7 Å². The largest absolute Gasteiger partial charge is 0.454 e. The normalized spacial score (nSPS) is 17.0. The van der Waals surface area contributed by atoms with E-state index in [1.165, 1.54) is 0 Å². The van der Waals surface area contributed by atoms with E-state index in [2.05, 4.69) is 4.98 Å². The second-order valence-electron chi connectivity index (χ2n) is 8.43. The molecule has 0 spiro atoms. The molecule has 2 aliphatic heterocycles. The first kappa shape index (κ1) is 20.3. The second kappa shape index (κ2) is 8.49. The van der Waals surface area contributed by atoms with E-state index in [-0.39, 0.29) is 23.8 Å². The van der Waals surface area contributed by atoms with E-state index in [0.29, 0.717) is 42.6 Å². The quantitative estimate of drug-likeness (QED) is 0.621. The zero-order valence-corrected chi connectivity index (χ0v) is 18.0. The third kappa shape index (κ3) is 3.98. The Morgan fingerprint density at radius 1 is 1.16 bits per heavy atom. The van der Waals surface area contributed by atoms with Gasteiger partial charge in [0.15, 0.2) is 11.5 Å². The number of aryl methyl sites for hydroxylation is 1. The highest BCUT2D eigenvalue weighted by molar-refractivity contribution is 5.95. The summed E-state index contributed by atoms with van der Waals surface area (Å²) in [7, 11) is 0. The average Bonchev–Trinajstić information content (AvgIpc) is 3.46. The standard InChI is InChI=1S/C25H25N3O4/c1-17-7-10-27(14-18-5-6-21-22(13-18)32-16-31-21)24(29)23(17)25(30)28-11-8-19(15-28)12-20-4-2-3-9-26-20/h2-7,9-10,13,19H,8,11-12,14-16H2,1H3. The number of amides is 1. The lowest BCUT2D eigenvalue weighted by molar-refractivity contribution is 0.0784. The molecule has 0 radical (unpaired) electrons. The summed E-state index contributed by atoms with van der Waals surface area (Å²) in [6, 6.07) is 13.4. The van der Waals surface area contributed by atoms with E-state index in [1.54, 1.807) is 17.0 Å². The summed E-state index contributed by atoms with van der Waals surface area (Å²) in [4.78, 5) is 32.8. The van der Waals surface area contributed by atoms with Crippen molar-refractivity contribution in [2.24, 2.45) is 5.92 Å². The van der Waals surface area contributed by atoms with Gasteiger partial charge in [-0.05, 0) is 67.1 Å². The Hall–Kier alpha value is -3.61. The van der Waals surface area contributed by atoms with Crippen LogP contribution in [0.4, 0.5) is 0 Å². The third-order valence-electron chi connectivity index (χ3n) is 6.17. The number of rotatable bonds is 5. The maximum Gasteiger partial charge on any atom is 0.263 e. The highest BCUT2D eigenvalue weighted by Crippen LogP contribution is 2.32. The summed E-state index contributed by atoms with van der Waals surface area (Å²) in [5.74, 6) is 1.55. The summed E-state index contributed by atoms with van der Waals surface area (Å²) in [5, 5.41) is 0. The van der Waals surface area contributed by atoms with E-state index in [9.17, 15) is 9.59 Å². The number of pyridine rings is 2. The Kier molecular flexibility index (Phi) is 5.39. The number of nitrogens with zero attached hydrogens (tertiary/aromatic N) is 3. The number of benzene rings is 1. The van der Waals surface area contributed by atoms with Crippen LogP contribution < -0.4 is 15.0 Å². The molecule has 1 unspecified atom stereocenters. The molecule has 32 heavy (non-hydrogen) atoms. The van der Waals surface area contributed by atoms with Gasteiger partial charge in [-0.3, -0.25) is 14.6 Å². The van der Waals surface area contributed by atoms with Crippen molar-refractivity contribution in [2.75, 3.05) is 19.9 Å². The highest BCUT2D eigenvalue weighted by atomic mass is 16.7. The van der Waals surface area contributed by atoms with Crippen molar-refractivity contribution in [2.45, 2.75) is 26.3 Å². The van der Waals surface area contributed by atoms with Crippen LogP contribution >= 0.6 is 0 Å². The molecule has 7 nitrogen and oxygen atoms in total. The number of fused-ring (bicyclic) bond motifs is 1. The smallest absolute Gasteiger partial charge is 0.263 e. The molecule has 7 heteroatoms. The Morgan fingerprint density at radius 3 is 2.88 bits per heavy atom. The molecule has 0 saturated carbocycles. The van der Waals surface area contributed by atoms with Crippen LogP contribution in [-0.2, 0) is 13.0 Å². The average molecular weight is 431 g/mol. The minimum absolute atomic E-state index is 0.184. The third-order valence-corrected chi connectivity index (χ3v) is 6.17. The second-order valence-corrected chi connectivity index (χ2v) is 8.43. The molecule has 1 saturated heterocycles. The number of hydrogen-bond donors (Lipinski definition) is 0. The van der Waals surface area contributed by atoms with Crippen LogP contribution in [0.15, 0.2) is 59.7 Å². The van der Waals surface area contributed by atoms with Gasteiger partial charge in [0.25, 0.3) is 11.5 Å². The fourth-order valence-corrected chi connectivity index (χ4v) is 4.44. The van der Waals surface area contributed by atoms with E-state index in [1.807, 2.05) is 54.3 Å². The predicted molar refractivity (Wildman–Crippen MR) is 119 cm³/mol. The van der Waals surface area contributed by atoms with Gasteiger partial charge in [0.05, 0.1) is 6.54 Å². The Bertz CT molecular complexity index is 1210. The van der Waals surface area contributed by atoms with Gasteiger partial charge in [-0.1, -0.05) is 12.1 Å². The molecule has 1 amide bonds. The molecule has 2 aliphatic rings. The van der Waals surface area contributed by atoms with Crippen LogP contribution in [0.2, 0.25) is 0 Å². The summed E-state index contributed by atoms with van der Waals surface area (Å²) in [6.45, 7) is 3.69. The molecule has 3 aromatic rings. The van der Waals surface area contributed by atoms with Gasteiger partial charge in [0.1, 0.15) is 5.56 Å². The van der Waals surface area contributed by atoms with Crippen LogP contribution in [0.1, 0.15) is 33.6 Å². The SMILES string of the molecule is Cc1ccn(Cc2ccc3c(c2)OCO3)c(=O)c1C(=O)N1CCC(Cc2ccccn2)C1. The van der Waals surface area contributed by atoms with Crippen LogP contribution in [0, 0.1) is 12.8 Å². The van der Waals surface area contributed by atoms with Crippen molar-refractivity contribution in [3.63, 3.8) is 0 Å². The summed E-state index contributed by atoms with van der Waals surface area (Å²) < 4.78 is 12.4. The monoisotopic (exact) mass is 431 g/mol. The lowest BCUT2D eigenvalue weighted by atomic mass is 10.0. The number of aromatic nitrogens is 2. The van der Waals surface area contributed by atoms with Crippen LogP contribution in [0.3, 0.4) is 0 Å². The zero-order chi connectivity index (χ0) is 22.1. The van der Waals surface area contributed by atoms with E-state index in [0.717, 1.165) is 24.1 Å². The molecule has 4 heterocycles. The summed E-state index contributed by atoms with van der Waals surface area (Å²) in [6.07, 6.45) is 5.29. The molecular weight excluding hydrogens is 406 g/mol. The number of likely N-dealkylation sites (tertiary alicyclic amines) is 1. The minimum Gasteiger partial charge on any atom is -0.454 e. The Morgan fingerprint density at radius 2 is 2.03 bits per heavy atom. The van der Waals surface area contributed by atoms with E-state index < -0.39 is 0 Å². The maximum absolute atomic E-state index is 13.3. The summed E-state index contributed by atoms with van der Waals surface area (Å²) in [5.41, 5.74) is 2.65. The first-order valence-electron chi connectivity index (χ1n) is 10.9.